The lowest BCUT2D eigenvalue weighted by molar-refractivity contribution is -0.143. The molecule has 29 heavy (non-hydrogen) atoms. The number of likely N-dealkylation sites (tertiary alicyclic amines) is 1. The van der Waals surface area contributed by atoms with Gasteiger partial charge in [-0.2, -0.15) is 0 Å². The van der Waals surface area contributed by atoms with Gasteiger partial charge in [-0.25, -0.2) is 0 Å². The molecule has 1 aromatic heterocycles. The predicted octanol–water partition coefficient (Wildman–Crippen LogP) is 4.52. The van der Waals surface area contributed by atoms with Crippen molar-refractivity contribution in [3.63, 3.8) is 0 Å². The summed E-state index contributed by atoms with van der Waals surface area (Å²) in [5, 5.41) is 10.7. The molecule has 1 saturated heterocycles. The van der Waals surface area contributed by atoms with Gasteiger partial charge in [0.25, 0.3) is 0 Å². The van der Waals surface area contributed by atoms with Gasteiger partial charge in [0, 0.05) is 18.1 Å². The zero-order chi connectivity index (χ0) is 20.2. The first-order valence-electron chi connectivity index (χ1n) is 10.2. The van der Waals surface area contributed by atoms with Gasteiger partial charge in [-0.15, -0.1) is 0 Å². The van der Waals surface area contributed by atoms with Crippen molar-refractivity contribution >= 4 is 16.9 Å². The smallest absolute Gasteiger partial charge is 0.307 e. The first kappa shape index (κ1) is 19.4. The molecule has 5 nitrogen and oxygen atoms in total. The summed E-state index contributed by atoms with van der Waals surface area (Å²) in [5.74, 6) is -0.224. The van der Waals surface area contributed by atoms with Gasteiger partial charge >= 0.3 is 5.97 Å². The van der Waals surface area contributed by atoms with Crippen LogP contribution in [0.25, 0.3) is 10.9 Å². The number of benzene rings is 2. The lowest BCUT2D eigenvalue weighted by Gasteiger charge is -2.37. The number of hydrogen-bond donors (Lipinski definition) is 1. The number of carboxylic acids is 1. The molecule has 5 heteroatoms. The van der Waals surface area contributed by atoms with E-state index in [1.807, 2.05) is 43.5 Å². The van der Waals surface area contributed by atoms with Crippen molar-refractivity contribution in [2.24, 2.45) is 5.92 Å². The van der Waals surface area contributed by atoms with Gasteiger partial charge in [0.15, 0.2) is 0 Å². The van der Waals surface area contributed by atoms with Crippen molar-refractivity contribution in [1.82, 2.24) is 9.88 Å². The van der Waals surface area contributed by atoms with Gasteiger partial charge in [-0.3, -0.25) is 14.7 Å². The molecular weight excluding hydrogens is 364 g/mol. The van der Waals surface area contributed by atoms with Gasteiger partial charge in [0.2, 0.25) is 0 Å². The van der Waals surface area contributed by atoms with E-state index < -0.39 is 5.97 Å². The first-order chi connectivity index (χ1) is 14.2. The van der Waals surface area contributed by atoms with Crippen LogP contribution < -0.4 is 4.74 Å². The van der Waals surface area contributed by atoms with Crippen molar-refractivity contribution in [1.29, 1.82) is 0 Å². The SMILES string of the molecule is CCOc1cccc(C(c2cnc3ccccc3c2)N2CCCC(C(=O)O)C2)c1. The first-order valence-corrected chi connectivity index (χ1v) is 10.2. The Kier molecular flexibility index (Phi) is 5.76. The molecule has 0 radical (unpaired) electrons. The molecule has 1 fully saturated rings. The highest BCUT2D eigenvalue weighted by Gasteiger charge is 2.31. The normalized spacial score (nSPS) is 18.4. The van der Waals surface area contributed by atoms with Crippen LogP contribution >= 0.6 is 0 Å². The van der Waals surface area contributed by atoms with Gasteiger partial charge < -0.3 is 9.84 Å². The van der Waals surface area contributed by atoms with E-state index in [9.17, 15) is 9.90 Å². The van der Waals surface area contributed by atoms with Gasteiger partial charge in [-0.05, 0) is 61.7 Å². The largest absolute Gasteiger partial charge is 0.494 e. The summed E-state index contributed by atoms with van der Waals surface area (Å²) in [5.41, 5.74) is 3.13. The van der Waals surface area contributed by atoms with Crippen LogP contribution in [0.3, 0.4) is 0 Å². The predicted molar refractivity (Wildman–Crippen MR) is 113 cm³/mol. The van der Waals surface area contributed by atoms with E-state index in [1.165, 1.54) is 0 Å². The van der Waals surface area contributed by atoms with Gasteiger partial charge in [-0.1, -0.05) is 30.3 Å². The van der Waals surface area contributed by atoms with Gasteiger partial charge in [0.1, 0.15) is 5.75 Å². The van der Waals surface area contributed by atoms with Crippen LogP contribution in [-0.4, -0.2) is 40.7 Å². The van der Waals surface area contributed by atoms with Crippen molar-refractivity contribution < 1.29 is 14.6 Å². The number of ether oxygens (including phenoxy) is 1. The van der Waals surface area contributed by atoms with E-state index in [-0.39, 0.29) is 12.0 Å². The Morgan fingerprint density at radius 1 is 1.21 bits per heavy atom. The zero-order valence-corrected chi connectivity index (χ0v) is 16.6. The Hall–Kier alpha value is -2.92. The number of para-hydroxylation sites is 1. The van der Waals surface area contributed by atoms with Crippen LogP contribution in [0.1, 0.15) is 36.9 Å². The number of nitrogens with zero attached hydrogens (tertiary/aromatic N) is 2. The molecule has 4 rings (SSSR count). The van der Waals surface area contributed by atoms with E-state index in [0.29, 0.717) is 13.2 Å². The Bertz CT molecular complexity index is 1000. The van der Waals surface area contributed by atoms with E-state index in [1.54, 1.807) is 0 Å². The molecule has 2 aromatic carbocycles. The van der Waals surface area contributed by atoms with Crippen LogP contribution in [0.5, 0.6) is 5.75 Å². The molecule has 2 atom stereocenters. The number of carboxylic acid groups (broad SMARTS) is 1. The second-order valence-electron chi connectivity index (χ2n) is 7.54. The topological polar surface area (TPSA) is 62.7 Å². The summed E-state index contributed by atoms with van der Waals surface area (Å²) in [7, 11) is 0. The number of hydrogen-bond acceptors (Lipinski definition) is 4. The zero-order valence-electron chi connectivity index (χ0n) is 16.6. The molecule has 1 aliphatic heterocycles. The molecule has 0 amide bonds. The molecule has 2 heterocycles. The number of fused-ring (bicyclic) bond motifs is 1. The molecular formula is C24H26N2O3. The van der Waals surface area contributed by atoms with Crippen molar-refractivity contribution in [2.45, 2.75) is 25.8 Å². The van der Waals surface area contributed by atoms with Crippen molar-refractivity contribution in [2.75, 3.05) is 19.7 Å². The second kappa shape index (κ2) is 8.62. The monoisotopic (exact) mass is 390 g/mol. The molecule has 3 aromatic rings. The average molecular weight is 390 g/mol. The molecule has 1 aliphatic rings. The summed E-state index contributed by atoms with van der Waals surface area (Å²) in [6, 6.07) is 18.3. The fourth-order valence-electron chi connectivity index (χ4n) is 4.24. The summed E-state index contributed by atoms with van der Waals surface area (Å²) < 4.78 is 5.72. The summed E-state index contributed by atoms with van der Waals surface area (Å²) >= 11 is 0. The summed E-state index contributed by atoms with van der Waals surface area (Å²) in [6.45, 7) is 3.97. The van der Waals surface area contributed by atoms with E-state index in [4.69, 9.17) is 4.74 Å². The maximum Gasteiger partial charge on any atom is 0.307 e. The van der Waals surface area contributed by atoms with E-state index in [2.05, 4.69) is 34.1 Å². The molecule has 2 unspecified atom stereocenters. The van der Waals surface area contributed by atoms with Crippen LogP contribution in [-0.2, 0) is 4.79 Å². The third-order valence-corrected chi connectivity index (χ3v) is 5.58. The molecule has 150 valence electrons. The van der Waals surface area contributed by atoms with E-state index >= 15 is 0 Å². The number of aromatic nitrogens is 1. The standard InChI is InChI=1S/C24H26N2O3/c1-2-29-21-10-5-8-18(14-21)23(26-12-6-9-19(16-26)24(27)28)20-13-17-7-3-4-11-22(17)25-15-20/h3-5,7-8,10-11,13-15,19,23H,2,6,9,12,16H2,1H3,(H,27,28). The van der Waals surface area contributed by atoms with Gasteiger partial charge in [0.05, 0.1) is 24.1 Å². The van der Waals surface area contributed by atoms with E-state index in [0.717, 1.165) is 47.2 Å². The lowest BCUT2D eigenvalue weighted by Crippen LogP contribution is -2.41. The van der Waals surface area contributed by atoms with Crippen LogP contribution in [0.2, 0.25) is 0 Å². The number of carbonyl (C=O) groups is 1. The molecule has 1 N–H and O–H groups in total. The minimum absolute atomic E-state index is 0.0605. The maximum absolute atomic E-state index is 11.7. The maximum atomic E-state index is 11.7. The fraction of sp³-hybridized carbons (Fsp3) is 0.333. The lowest BCUT2D eigenvalue weighted by atomic mass is 9.91. The van der Waals surface area contributed by atoms with Crippen LogP contribution in [0.15, 0.2) is 60.8 Å². The summed E-state index contributed by atoms with van der Waals surface area (Å²) in [4.78, 5) is 18.6. The summed E-state index contributed by atoms with van der Waals surface area (Å²) in [6.07, 6.45) is 3.53. The molecule has 0 saturated carbocycles. The Balaban J connectivity index is 1.77. The van der Waals surface area contributed by atoms with Crippen molar-refractivity contribution in [3.8, 4) is 5.75 Å². The van der Waals surface area contributed by atoms with Crippen LogP contribution in [0.4, 0.5) is 0 Å². The third kappa shape index (κ3) is 4.25. The number of pyridine rings is 1. The highest BCUT2D eigenvalue weighted by molar-refractivity contribution is 5.79. The fourth-order valence-corrected chi connectivity index (χ4v) is 4.24. The Labute approximate surface area is 170 Å². The highest BCUT2D eigenvalue weighted by Crippen LogP contribution is 2.34. The Morgan fingerprint density at radius 3 is 2.90 bits per heavy atom. The second-order valence-corrected chi connectivity index (χ2v) is 7.54. The number of rotatable bonds is 6. The molecule has 0 bridgehead atoms. The quantitative estimate of drug-likeness (QED) is 0.670. The molecule has 0 aliphatic carbocycles. The average Bonchev–Trinajstić information content (AvgIpc) is 2.75. The Morgan fingerprint density at radius 2 is 2.07 bits per heavy atom. The minimum atomic E-state index is -0.715. The molecule has 0 spiro atoms. The highest BCUT2D eigenvalue weighted by atomic mass is 16.5. The van der Waals surface area contributed by atoms with Crippen LogP contribution in [0, 0.1) is 5.92 Å². The minimum Gasteiger partial charge on any atom is -0.494 e. The number of aliphatic carboxylic acids is 1. The number of piperidine rings is 1. The van der Waals surface area contributed by atoms with Crippen molar-refractivity contribution in [3.05, 3.63) is 71.9 Å². The third-order valence-electron chi connectivity index (χ3n) is 5.58.